The molecule has 0 bridgehead atoms. The molecule has 1 saturated heterocycles. The highest BCUT2D eigenvalue weighted by atomic mass is 19.1. The van der Waals surface area contributed by atoms with E-state index < -0.39 is 11.6 Å². The lowest BCUT2D eigenvalue weighted by Gasteiger charge is -2.11. The molecular formula is C11H13F2NO2. The standard InChI is InChI=1S/C11H13F2NO2/c12-8-4-11(9(13)3-10(8)14)16-6-7-1-2-15-5-7/h3-4,7H,1-2,5-6,14H2. The number of hydrogen-bond acceptors (Lipinski definition) is 3. The molecule has 2 rings (SSSR count). The molecule has 2 N–H and O–H groups in total. The van der Waals surface area contributed by atoms with Crippen molar-refractivity contribution in [3.8, 4) is 5.75 Å². The van der Waals surface area contributed by atoms with Gasteiger partial charge in [0.2, 0.25) is 0 Å². The van der Waals surface area contributed by atoms with Gasteiger partial charge in [-0.15, -0.1) is 0 Å². The minimum absolute atomic E-state index is 0.0985. The predicted octanol–water partition coefficient (Wildman–Crippen LogP) is 1.96. The molecular weight excluding hydrogens is 216 g/mol. The number of hydrogen-bond donors (Lipinski definition) is 1. The molecule has 0 saturated carbocycles. The highest BCUT2D eigenvalue weighted by Gasteiger charge is 2.17. The van der Waals surface area contributed by atoms with E-state index in [0.29, 0.717) is 19.8 Å². The Kier molecular flexibility index (Phi) is 3.24. The van der Waals surface area contributed by atoms with Gasteiger partial charge in [-0.05, 0) is 6.42 Å². The fourth-order valence-corrected chi connectivity index (χ4v) is 1.58. The van der Waals surface area contributed by atoms with Crippen LogP contribution in [0.25, 0.3) is 0 Å². The molecule has 0 aliphatic carbocycles. The molecule has 1 atom stereocenters. The van der Waals surface area contributed by atoms with Gasteiger partial charge in [0.05, 0.1) is 18.9 Å². The van der Waals surface area contributed by atoms with Crippen LogP contribution in [0.3, 0.4) is 0 Å². The molecule has 0 amide bonds. The third kappa shape index (κ3) is 2.41. The van der Waals surface area contributed by atoms with Gasteiger partial charge in [-0.3, -0.25) is 0 Å². The molecule has 3 nitrogen and oxygen atoms in total. The number of nitrogens with two attached hydrogens (primary N) is 1. The number of nitrogen functional groups attached to an aromatic ring is 1. The molecule has 1 aliphatic rings. The second-order valence-corrected chi connectivity index (χ2v) is 3.84. The van der Waals surface area contributed by atoms with Crippen LogP contribution in [0.4, 0.5) is 14.5 Å². The lowest BCUT2D eigenvalue weighted by molar-refractivity contribution is 0.165. The summed E-state index contributed by atoms with van der Waals surface area (Å²) < 4.78 is 36.7. The van der Waals surface area contributed by atoms with Crippen LogP contribution in [0.1, 0.15) is 6.42 Å². The van der Waals surface area contributed by atoms with Crippen LogP contribution in [0.5, 0.6) is 5.75 Å². The number of rotatable bonds is 3. The fourth-order valence-electron chi connectivity index (χ4n) is 1.58. The number of anilines is 1. The summed E-state index contributed by atoms with van der Waals surface area (Å²) in [6.45, 7) is 1.64. The average molecular weight is 229 g/mol. The Morgan fingerprint density at radius 2 is 2.19 bits per heavy atom. The van der Waals surface area contributed by atoms with E-state index in [1.54, 1.807) is 0 Å². The van der Waals surface area contributed by atoms with Gasteiger partial charge in [-0.25, -0.2) is 8.78 Å². The van der Waals surface area contributed by atoms with Crippen LogP contribution in [-0.2, 0) is 4.74 Å². The van der Waals surface area contributed by atoms with Gasteiger partial charge in [0.15, 0.2) is 11.6 Å². The van der Waals surface area contributed by atoms with E-state index in [2.05, 4.69) is 0 Å². The van der Waals surface area contributed by atoms with Gasteiger partial charge in [0, 0.05) is 24.7 Å². The van der Waals surface area contributed by atoms with Crippen LogP contribution >= 0.6 is 0 Å². The normalized spacial score (nSPS) is 20.0. The zero-order valence-electron chi connectivity index (χ0n) is 8.71. The largest absolute Gasteiger partial charge is 0.490 e. The Labute approximate surface area is 92.1 Å². The van der Waals surface area contributed by atoms with Gasteiger partial charge in [0.25, 0.3) is 0 Å². The van der Waals surface area contributed by atoms with Crippen LogP contribution in [0.15, 0.2) is 12.1 Å². The van der Waals surface area contributed by atoms with Gasteiger partial charge in [-0.1, -0.05) is 0 Å². The highest BCUT2D eigenvalue weighted by molar-refractivity contribution is 5.44. The van der Waals surface area contributed by atoms with Crippen LogP contribution in [-0.4, -0.2) is 19.8 Å². The molecule has 0 aromatic heterocycles. The summed E-state index contributed by atoms with van der Waals surface area (Å²) in [6.07, 6.45) is 0.888. The van der Waals surface area contributed by atoms with E-state index in [-0.39, 0.29) is 17.4 Å². The Morgan fingerprint density at radius 3 is 2.88 bits per heavy atom. The van der Waals surface area contributed by atoms with Crippen molar-refractivity contribution in [1.29, 1.82) is 0 Å². The average Bonchev–Trinajstić information content (AvgIpc) is 2.74. The SMILES string of the molecule is Nc1cc(F)c(OCC2CCOC2)cc1F. The van der Waals surface area contributed by atoms with E-state index in [9.17, 15) is 8.78 Å². The van der Waals surface area contributed by atoms with Crippen molar-refractivity contribution in [2.24, 2.45) is 5.92 Å². The zero-order chi connectivity index (χ0) is 11.5. The van der Waals surface area contributed by atoms with Crippen molar-refractivity contribution in [3.63, 3.8) is 0 Å². The van der Waals surface area contributed by atoms with E-state index in [0.717, 1.165) is 18.6 Å². The van der Waals surface area contributed by atoms with Crippen LogP contribution in [0, 0.1) is 17.6 Å². The summed E-state index contributed by atoms with van der Waals surface area (Å²) in [5.41, 5.74) is 5.00. The summed E-state index contributed by atoms with van der Waals surface area (Å²) in [7, 11) is 0. The molecule has 88 valence electrons. The number of halogens is 2. The lowest BCUT2D eigenvalue weighted by atomic mass is 10.1. The molecule has 1 aromatic rings. The molecule has 1 aliphatic heterocycles. The van der Waals surface area contributed by atoms with Crippen LogP contribution < -0.4 is 10.5 Å². The first-order valence-electron chi connectivity index (χ1n) is 5.12. The maximum atomic E-state index is 13.3. The maximum absolute atomic E-state index is 13.3. The van der Waals surface area contributed by atoms with Gasteiger partial charge in [-0.2, -0.15) is 0 Å². The Balaban J connectivity index is 2.00. The van der Waals surface area contributed by atoms with E-state index >= 15 is 0 Å². The maximum Gasteiger partial charge on any atom is 0.167 e. The highest BCUT2D eigenvalue weighted by Crippen LogP contribution is 2.24. The third-order valence-electron chi connectivity index (χ3n) is 2.55. The summed E-state index contributed by atoms with van der Waals surface area (Å²) in [4.78, 5) is 0. The van der Waals surface area contributed by atoms with Crippen molar-refractivity contribution in [2.45, 2.75) is 6.42 Å². The Hall–Kier alpha value is -1.36. The van der Waals surface area contributed by atoms with Gasteiger partial charge in [0.1, 0.15) is 5.82 Å². The van der Waals surface area contributed by atoms with Crippen molar-refractivity contribution < 1.29 is 18.3 Å². The Bertz CT molecular complexity index is 378. The van der Waals surface area contributed by atoms with Gasteiger partial charge >= 0.3 is 0 Å². The molecule has 16 heavy (non-hydrogen) atoms. The zero-order valence-corrected chi connectivity index (χ0v) is 8.71. The van der Waals surface area contributed by atoms with Gasteiger partial charge < -0.3 is 15.2 Å². The first-order chi connectivity index (χ1) is 7.66. The van der Waals surface area contributed by atoms with E-state index in [4.69, 9.17) is 15.2 Å². The first-order valence-corrected chi connectivity index (χ1v) is 5.12. The van der Waals surface area contributed by atoms with Crippen molar-refractivity contribution in [1.82, 2.24) is 0 Å². The molecule has 0 spiro atoms. The third-order valence-corrected chi connectivity index (χ3v) is 2.55. The summed E-state index contributed by atoms with van der Waals surface area (Å²) >= 11 is 0. The van der Waals surface area contributed by atoms with Crippen molar-refractivity contribution in [2.75, 3.05) is 25.6 Å². The monoisotopic (exact) mass is 229 g/mol. The topological polar surface area (TPSA) is 44.5 Å². The second-order valence-electron chi connectivity index (χ2n) is 3.84. The van der Waals surface area contributed by atoms with Crippen molar-refractivity contribution >= 4 is 5.69 Å². The minimum atomic E-state index is -0.668. The smallest absolute Gasteiger partial charge is 0.167 e. The summed E-state index contributed by atoms with van der Waals surface area (Å²) in [6, 6.07) is 1.90. The minimum Gasteiger partial charge on any atom is -0.490 e. The second kappa shape index (κ2) is 4.65. The Morgan fingerprint density at radius 1 is 1.38 bits per heavy atom. The predicted molar refractivity (Wildman–Crippen MR) is 55.2 cm³/mol. The molecule has 1 heterocycles. The molecule has 1 unspecified atom stereocenters. The number of benzene rings is 1. The first kappa shape index (κ1) is 11.1. The summed E-state index contributed by atoms with van der Waals surface area (Å²) in [5.74, 6) is -1.16. The molecule has 5 heteroatoms. The number of ether oxygens (including phenoxy) is 2. The summed E-state index contributed by atoms with van der Waals surface area (Å²) in [5, 5.41) is 0. The quantitative estimate of drug-likeness (QED) is 0.806. The lowest BCUT2D eigenvalue weighted by Crippen LogP contribution is -2.12. The van der Waals surface area contributed by atoms with Crippen molar-refractivity contribution in [3.05, 3.63) is 23.8 Å². The fraction of sp³-hybridized carbons (Fsp3) is 0.455. The molecule has 0 radical (unpaired) electrons. The molecule has 1 aromatic carbocycles. The van der Waals surface area contributed by atoms with E-state index in [1.807, 2.05) is 0 Å². The molecule has 1 fully saturated rings. The van der Waals surface area contributed by atoms with Crippen LogP contribution in [0.2, 0.25) is 0 Å². The van der Waals surface area contributed by atoms with E-state index in [1.165, 1.54) is 0 Å².